The molecule has 212 valence electrons. The number of H-pyrrole nitrogens is 1. The molecule has 0 radical (unpaired) electrons. The van der Waals surface area contributed by atoms with Crippen LogP contribution >= 0.6 is 11.6 Å². The number of aryl methyl sites for hydroxylation is 1. The molecule has 5 rings (SSSR count). The minimum absolute atomic E-state index is 0.0115. The Balaban J connectivity index is 1.38. The number of alkyl halides is 1. The number of benzene rings is 1. The van der Waals surface area contributed by atoms with Crippen LogP contribution in [0.5, 0.6) is 0 Å². The number of hydrogen-bond donors (Lipinski definition) is 3. The fourth-order valence-electron chi connectivity index (χ4n) is 4.65. The molecule has 0 bridgehead atoms. The highest BCUT2D eigenvalue weighted by Crippen LogP contribution is 2.37. The maximum absolute atomic E-state index is 15.4. The summed E-state index contributed by atoms with van der Waals surface area (Å²) in [6.45, 7) is 1.32. The van der Waals surface area contributed by atoms with Crippen LogP contribution in [0.1, 0.15) is 37.4 Å². The number of esters is 1. The highest BCUT2D eigenvalue weighted by atomic mass is 35.5. The SMILES string of the molecule is CCOC(=O)C(CCCc1ccccc1)(OC[C@H]1O[C@@H](n2cnc3c(N)nc(Cl)nc32)[C@@H](F)[C@@H]1O)c1nn[nH]n1. The molecule has 0 spiro atoms. The van der Waals surface area contributed by atoms with Gasteiger partial charge in [-0.1, -0.05) is 35.5 Å². The van der Waals surface area contributed by atoms with E-state index < -0.39 is 42.8 Å². The summed E-state index contributed by atoms with van der Waals surface area (Å²) in [6.07, 6.45) is -3.55. The monoisotopic (exact) mass is 575 g/mol. The largest absolute Gasteiger partial charge is 0.463 e. The van der Waals surface area contributed by atoms with Crippen molar-refractivity contribution in [2.24, 2.45) is 0 Å². The minimum Gasteiger partial charge on any atom is -0.463 e. The van der Waals surface area contributed by atoms with Crippen molar-refractivity contribution in [3.8, 4) is 0 Å². The van der Waals surface area contributed by atoms with E-state index in [2.05, 4.69) is 35.6 Å². The number of carbonyl (C=O) groups is 1. The number of nitrogens with zero attached hydrogens (tertiary/aromatic N) is 7. The number of halogens is 2. The van der Waals surface area contributed by atoms with E-state index in [1.807, 2.05) is 30.3 Å². The van der Waals surface area contributed by atoms with Crippen molar-refractivity contribution in [3.05, 3.63) is 53.3 Å². The number of fused-ring (bicyclic) bond motifs is 1. The predicted octanol–water partition coefficient (Wildman–Crippen LogP) is 1.67. The van der Waals surface area contributed by atoms with Gasteiger partial charge in [0.2, 0.25) is 16.7 Å². The molecule has 1 aliphatic heterocycles. The van der Waals surface area contributed by atoms with Crippen LogP contribution in [0.2, 0.25) is 5.28 Å². The van der Waals surface area contributed by atoms with Crippen molar-refractivity contribution in [2.75, 3.05) is 18.9 Å². The summed E-state index contributed by atoms with van der Waals surface area (Å²) in [7, 11) is 0. The summed E-state index contributed by atoms with van der Waals surface area (Å²) in [5.41, 5.74) is 5.45. The molecule has 4 N–H and O–H groups in total. The van der Waals surface area contributed by atoms with E-state index in [0.717, 1.165) is 5.56 Å². The molecule has 4 heterocycles. The first-order valence-electron chi connectivity index (χ1n) is 12.6. The highest BCUT2D eigenvalue weighted by molar-refractivity contribution is 6.28. The summed E-state index contributed by atoms with van der Waals surface area (Å²) >= 11 is 5.93. The summed E-state index contributed by atoms with van der Waals surface area (Å²) < 4.78 is 33.9. The smallest absolute Gasteiger partial charge is 0.346 e. The van der Waals surface area contributed by atoms with Crippen LogP contribution in [0.3, 0.4) is 0 Å². The summed E-state index contributed by atoms with van der Waals surface area (Å²) in [6, 6.07) is 9.69. The van der Waals surface area contributed by atoms with E-state index in [4.69, 9.17) is 31.5 Å². The molecule has 1 saturated heterocycles. The maximum atomic E-state index is 15.4. The maximum Gasteiger partial charge on any atom is 0.346 e. The quantitative estimate of drug-likeness (QED) is 0.173. The number of aromatic amines is 1. The molecule has 0 amide bonds. The van der Waals surface area contributed by atoms with Crippen LogP contribution < -0.4 is 5.73 Å². The highest BCUT2D eigenvalue weighted by Gasteiger charge is 2.51. The van der Waals surface area contributed by atoms with Crippen LogP contribution in [0, 0.1) is 0 Å². The summed E-state index contributed by atoms with van der Waals surface area (Å²) in [5.74, 6) is -0.785. The topological polar surface area (TPSA) is 189 Å². The van der Waals surface area contributed by atoms with Gasteiger partial charge in [-0.3, -0.25) is 4.57 Å². The van der Waals surface area contributed by atoms with Gasteiger partial charge in [-0.15, -0.1) is 10.2 Å². The van der Waals surface area contributed by atoms with Gasteiger partial charge in [0.05, 0.1) is 19.5 Å². The molecule has 1 aliphatic rings. The van der Waals surface area contributed by atoms with Gasteiger partial charge in [-0.2, -0.15) is 15.2 Å². The average Bonchev–Trinajstić information content (AvgIpc) is 3.68. The number of nitrogen functional groups attached to an aromatic ring is 1. The number of aliphatic hydroxyl groups is 1. The van der Waals surface area contributed by atoms with Crippen molar-refractivity contribution in [3.63, 3.8) is 0 Å². The van der Waals surface area contributed by atoms with Crippen LogP contribution in [0.4, 0.5) is 10.2 Å². The Morgan fingerprint density at radius 2 is 2.12 bits per heavy atom. The van der Waals surface area contributed by atoms with Crippen LogP contribution in [0.25, 0.3) is 11.2 Å². The molecule has 1 unspecified atom stereocenters. The summed E-state index contributed by atoms with van der Waals surface area (Å²) in [4.78, 5) is 25.3. The second kappa shape index (κ2) is 11.8. The second-order valence-corrected chi connectivity index (χ2v) is 9.47. The van der Waals surface area contributed by atoms with Crippen LogP contribution in [0.15, 0.2) is 36.7 Å². The molecule has 3 aromatic heterocycles. The first kappa shape index (κ1) is 27.8. The normalized spacial score (nSPS) is 22.4. The van der Waals surface area contributed by atoms with Crippen molar-refractivity contribution in [1.29, 1.82) is 0 Å². The third-order valence-electron chi connectivity index (χ3n) is 6.63. The lowest BCUT2D eigenvalue weighted by Crippen LogP contribution is -2.44. The van der Waals surface area contributed by atoms with Crippen molar-refractivity contribution < 1.29 is 28.5 Å². The predicted molar refractivity (Wildman–Crippen MR) is 137 cm³/mol. The van der Waals surface area contributed by atoms with E-state index in [1.165, 1.54) is 10.9 Å². The molecule has 4 aromatic rings. The van der Waals surface area contributed by atoms with Gasteiger partial charge >= 0.3 is 5.97 Å². The number of ether oxygens (including phenoxy) is 3. The Hall–Kier alpha value is -3.79. The first-order chi connectivity index (χ1) is 19.3. The van der Waals surface area contributed by atoms with Gasteiger partial charge in [0.1, 0.15) is 17.7 Å². The average molecular weight is 576 g/mol. The van der Waals surface area contributed by atoms with E-state index >= 15 is 4.39 Å². The number of carbonyl (C=O) groups excluding carboxylic acids is 1. The van der Waals surface area contributed by atoms with Gasteiger partial charge in [0.15, 0.2) is 23.9 Å². The Morgan fingerprint density at radius 1 is 1.32 bits per heavy atom. The zero-order chi connectivity index (χ0) is 28.3. The number of nitrogens with two attached hydrogens (primary N) is 1. The molecule has 5 atom stereocenters. The number of rotatable bonds is 11. The Labute approximate surface area is 232 Å². The Bertz CT molecular complexity index is 1440. The molecular weight excluding hydrogens is 549 g/mol. The van der Waals surface area contributed by atoms with Gasteiger partial charge in [0.25, 0.3) is 0 Å². The van der Waals surface area contributed by atoms with Crippen molar-refractivity contribution >= 4 is 34.6 Å². The number of tetrazole rings is 1. The second-order valence-electron chi connectivity index (χ2n) is 9.14. The lowest BCUT2D eigenvalue weighted by atomic mass is 9.93. The molecule has 40 heavy (non-hydrogen) atoms. The number of aliphatic hydroxyl groups excluding tert-OH is 1. The first-order valence-corrected chi connectivity index (χ1v) is 12.9. The zero-order valence-corrected chi connectivity index (χ0v) is 22.1. The lowest BCUT2D eigenvalue weighted by Gasteiger charge is -2.30. The van der Waals surface area contributed by atoms with E-state index in [9.17, 15) is 9.90 Å². The number of aromatic nitrogens is 8. The van der Waals surface area contributed by atoms with Crippen LogP contribution in [-0.2, 0) is 31.0 Å². The molecular formula is C24H27ClFN9O5. The minimum atomic E-state index is -1.90. The lowest BCUT2D eigenvalue weighted by molar-refractivity contribution is -0.185. The summed E-state index contributed by atoms with van der Waals surface area (Å²) in [5, 5.41) is 24.5. The van der Waals surface area contributed by atoms with Crippen LogP contribution in [-0.4, -0.2) is 82.8 Å². The molecule has 16 heteroatoms. The number of imidazole rings is 1. The fraction of sp³-hybridized carbons (Fsp3) is 0.458. The Kier molecular flexibility index (Phi) is 8.16. The fourth-order valence-corrected chi connectivity index (χ4v) is 4.83. The van der Waals surface area contributed by atoms with E-state index in [-0.39, 0.29) is 41.1 Å². The third kappa shape index (κ3) is 5.32. The Morgan fingerprint density at radius 3 is 2.85 bits per heavy atom. The van der Waals surface area contributed by atoms with E-state index in [0.29, 0.717) is 12.8 Å². The zero-order valence-electron chi connectivity index (χ0n) is 21.4. The van der Waals surface area contributed by atoms with Crippen molar-refractivity contribution in [2.45, 2.75) is 56.4 Å². The third-order valence-corrected chi connectivity index (χ3v) is 6.80. The number of anilines is 1. The van der Waals surface area contributed by atoms with Crippen molar-refractivity contribution in [1.82, 2.24) is 40.1 Å². The number of hydrogen-bond acceptors (Lipinski definition) is 12. The van der Waals surface area contributed by atoms with Gasteiger partial charge in [-0.05, 0) is 43.4 Å². The van der Waals surface area contributed by atoms with Gasteiger partial charge < -0.3 is 25.1 Å². The molecule has 0 saturated carbocycles. The molecule has 1 fully saturated rings. The molecule has 14 nitrogen and oxygen atoms in total. The van der Waals surface area contributed by atoms with Gasteiger partial charge in [-0.25, -0.2) is 14.2 Å². The van der Waals surface area contributed by atoms with E-state index in [1.54, 1.807) is 6.92 Å². The molecule has 1 aromatic carbocycles. The standard InChI is InChI=1S/C24H27ClFN9O5/c1-2-38-22(37)24(21-31-33-34-32-21,10-6-9-13-7-4-3-5-8-13)39-11-14-17(36)15(26)20(40-14)35-12-28-16-18(27)29-23(25)30-19(16)35/h3-5,7-8,12,14-15,17,20,36H,2,6,9-11H2,1H3,(H2,27,29,30)(H,31,32,33,34)/t14-,15+,17-,20-,24?/m1/s1. The molecule has 0 aliphatic carbocycles. The number of nitrogens with one attached hydrogen (secondary N) is 1. The van der Waals surface area contributed by atoms with Gasteiger partial charge in [0, 0.05) is 0 Å².